The first-order valence-corrected chi connectivity index (χ1v) is 13.9. The van der Waals surface area contributed by atoms with Gasteiger partial charge in [-0.2, -0.15) is 0 Å². The summed E-state index contributed by atoms with van der Waals surface area (Å²) in [5.74, 6) is 0.477. The minimum Gasteiger partial charge on any atom is -0.462 e. The maximum absolute atomic E-state index is 12.7. The van der Waals surface area contributed by atoms with Crippen LogP contribution < -0.4 is 5.32 Å². The van der Waals surface area contributed by atoms with Crippen LogP contribution in [-0.4, -0.2) is 39.0 Å². The minimum absolute atomic E-state index is 0.183. The summed E-state index contributed by atoms with van der Waals surface area (Å²) in [6.07, 6.45) is 5.68. The lowest BCUT2D eigenvalue weighted by molar-refractivity contribution is -0.113. The third-order valence-corrected chi connectivity index (χ3v) is 8.42. The van der Waals surface area contributed by atoms with Crippen molar-refractivity contribution in [2.75, 3.05) is 17.7 Å². The third-order valence-electron chi connectivity index (χ3n) is 5.40. The highest BCUT2D eigenvalue weighted by atomic mass is 32.2. The van der Waals surface area contributed by atoms with Crippen molar-refractivity contribution in [1.29, 1.82) is 0 Å². The lowest BCUT2D eigenvalue weighted by Gasteiger charge is -2.13. The Kier molecular flexibility index (Phi) is 7.87. The van der Waals surface area contributed by atoms with E-state index in [1.54, 1.807) is 13.0 Å². The molecule has 1 aliphatic rings. The lowest BCUT2D eigenvalue weighted by Crippen LogP contribution is -2.16. The molecule has 7 nitrogen and oxygen atoms in total. The number of amides is 1. The second kappa shape index (κ2) is 10.8. The van der Waals surface area contributed by atoms with Crippen LogP contribution in [0.2, 0.25) is 0 Å². The average Bonchev–Trinajstić information content (AvgIpc) is 3.49. The molecule has 0 spiro atoms. The lowest BCUT2D eigenvalue weighted by atomic mass is 9.95. The van der Waals surface area contributed by atoms with E-state index in [1.807, 2.05) is 18.3 Å². The number of thiophene rings is 2. The molecule has 1 N–H and O–H groups in total. The van der Waals surface area contributed by atoms with Crippen molar-refractivity contribution in [3.05, 3.63) is 32.3 Å². The molecule has 0 bridgehead atoms. The Hall–Kier alpha value is -2.17. The Bertz CT molecular complexity index is 1150. The summed E-state index contributed by atoms with van der Waals surface area (Å²) in [6, 6.07) is 1.75. The van der Waals surface area contributed by atoms with Crippen molar-refractivity contribution in [3.8, 4) is 11.4 Å². The van der Waals surface area contributed by atoms with Crippen LogP contribution in [0.5, 0.6) is 0 Å². The fourth-order valence-corrected chi connectivity index (χ4v) is 6.77. The third kappa shape index (κ3) is 5.33. The number of carbonyl (C=O) groups excluding carboxylic acids is 2. The van der Waals surface area contributed by atoms with Crippen LogP contribution in [-0.2, 0) is 28.9 Å². The molecule has 3 heterocycles. The molecule has 4 rings (SSSR count). The summed E-state index contributed by atoms with van der Waals surface area (Å²) in [4.78, 5) is 27.3. The molecule has 0 saturated carbocycles. The van der Waals surface area contributed by atoms with Gasteiger partial charge in [0.2, 0.25) is 5.91 Å². The molecule has 0 atom stereocenters. The Morgan fingerprint density at radius 2 is 2.06 bits per heavy atom. The highest BCUT2D eigenvalue weighted by Crippen LogP contribution is 2.37. The number of hydrogen-bond donors (Lipinski definition) is 1. The van der Waals surface area contributed by atoms with E-state index in [2.05, 4.69) is 32.4 Å². The number of fused-ring (bicyclic) bond motifs is 1. The molecular weight excluding hydrogens is 476 g/mol. The number of aryl methyl sites for hydroxylation is 2. The van der Waals surface area contributed by atoms with E-state index >= 15 is 0 Å². The van der Waals surface area contributed by atoms with Crippen LogP contribution in [0.3, 0.4) is 0 Å². The molecule has 0 saturated heterocycles. The van der Waals surface area contributed by atoms with E-state index in [9.17, 15) is 9.59 Å². The molecule has 0 radical (unpaired) electrons. The molecule has 0 unspecified atom stereocenters. The maximum Gasteiger partial charge on any atom is 0.341 e. The van der Waals surface area contributed by atoms with Crippen LogP contribution >= 0.6 is 34.4 Å². The molecule has 1 amide bonds. The summed E-state index contributed by atoms with van der Waals surface area (Å²) >= 11 is 4.56. The van der Waals surface area contributed by atoms with Crippen LogP contribution in [0.25, 0.3) is 11.4 Å². The van der Waals surface area contributed by atoms with Crippen LogP contribution in [0, 0.1) is 6.92 Å². The first-order chi connectivity index (χ1) is 16.0. The predicted octanol–water partition coefficient (Wildman–Crippen LogP) is 5.57. The van der Waals surface area contributed by atoms with E-state index in [0.717, 1.165) is 41.7 Å². The fraction of sp³-hybridized carbons (Fsp3) is 0.478. The fourth-order valence-electron chi connectivity index (χ4n) is 3.96. The topological polar surface area (TPSA) is 86.1 Å². The van der Waals surface area contributed by atoms with E-state index < -0.39 is 5.97 Å². The van der Waals surface area contributed by atoms with E-state index in [4.69, 9.17) is 4.74 Å². The molecule has 1 aliphatic carbocycles. The van der Waals surface area contributed by atoms with Crippen molar-refractivity contribution >= 4 is 51.3 Å². The number of nitrogens with one attached hydrogen (secondary N) is 1. The summed E-state index contributed by atoms with van der Waals surface area (Å²) in [5, 5.41) is 15.3. The van der Waals surface area contributed by atoms with Gasteiger partial charge in [-0.05, 0) is 57.6 Å². The second-order valence-electron chi connectivity index (χ2n) is 7.87. The smallest absolute Gasteiger partial charge is 0.341 e. The average molecular weight is 505 g/mol. The predicted molar refractivity (Wildman–Crippen MR) is 135 cm³/mol. The Labute approximate surface area is 206 Å². The second-order valence-corrected chi connectivity index (χ2v) is 11.0. The van der Waals surface area contributed by atoms with E-state index in [-0.39, 0.29) is 11.7 Å². The number of esters is 1. The zero-order valence-corrected chi connectivity index (χ0v) is 21.6. The monoisotopic (exact) mass is 504 g/mol. The summed E-state index contributed by atoms with van der Waals surface area (Å²) in [7, 11) is 0. The van der Waals surface area contributed by atoms with Gasteiger partial charge >= 0.3 is 5.97 Å². The standard InChI is InChI=1S/C23H28N4O3S3/c1-4-10-27-20(17-12-31-18-9-7-6-8-15(17)18)25-26-23(27)32-13-19(28)24-21-16(11-14(3)33-21)22(29)30-5-2/h11-12H,4-10,13H2,1-3H3,(H,24,28). The number of hydrogen-bond acceptors (Lipinski definition) is 8. The van der Waals surface area contributed by atoms with Crippen LogP contribution in [0.4, 0.5) is 5.00 Å². The van der Waals surface area contributed by atoms with Crippen LogP contribution in [0.1, 0.15) is 58.8 Å². The molecule has 3 aromatic heterocycles. The van der Waals surface area contributed by atoms with Crippen molar-refractivity contribution < 1.29 is 14.3 Å². The van der Waals surface area contributed by atoms with Crippen LogP contribution in [0.15, 0.2) is 16.6 Å². The number of aromatic nitrogens is 3. The van der Waals surface area contributed by atoms with Gasteiger partial charge in [0, 0.05) is 27.2 Å². The summed E-state index contributed by atoms with van der Waals surface area (Å²) < 4.78 is 7.24. The van der Waals surface area contributed by atoms with Gasteiger partial charge in [-0.3, -0.25) is 4.79 Å². The van der Waals surface area contributed by atoms with Gasteiger partial charge in [-0.15, -0.1) is 32.9 Å². The molecule has 0 fully saturated rings. The minimum atomic E-state index is -0.420. The van der Waals surface area contributed by atoms with E-state index in [0.29, 0.717) is 17.2 Å². The molecular formula is C23H28N4O3S3. The first-order valence-electron chi connectivity index (χ1n) is 11.2. The van der Waals surface area contributed by atoms with Crippen molar-refractivity contribution in [2.24, 2.45) is 0 Å². The highest BCUT2D eigenvalue weighted by Gasteiger charge is 2.23. The van der Waals surface area contributed by atoms with Gasteiger partial charge < -0.3 is 14.6 Å². The van der Waals surface area contributed by atoms with Crippen molar-refractivity contribution in [3.63, 3.8) is 0 Å². The van der Waals surface area contributed by atoms with Gasteiger partial charge in [0.25, 0.3) is 0 Å². The Morgan fingerprint density at radius 3 is 2.85 bits per heavy atom. The number of anilines is 1. The van der Waals surface area contributed by atoms with Gasteiger partial charge in [0.05, 0.1) is 17.9 Å². The number of thioether (sulfide) groups is 1. The number of rotatable bonds is 9. The SMILES string of the molecule is CCCn1c(SCC(=O)Nc2sc(C)cc2C(=O)OCC)nnc1-c1csc2c1CCCC2. The van der Waals surface area contributed by atoms with E-state index in [1.165, 1.54) is 51.9 Å². The van der Waals surface area contributed by atoms with Gasteiger partial charge in [-0.25, -0.2) is 4.79 Å². The maximum atomic E-state index is 12.7. The first kappa shape index (κ1) is 24.0. The van der Waals surface area contributed by atoms with Gasteiger partial charge in [0.15, 0.2) is 11.0 Å². The quantitative estimate of drug-likeness (QED) is 0.303. The van der Waals surface area contributed by atoms with Gasteiger partial charge in [0.1, 0.15) is 5.00 Å². The molecule has 0 aromatic carbocycles. The molecule has 0 aliphatic heterocycles. The number of ether oxygens (including phenoxy) is 1. The number of nitrogens with zero attached hydrogens (tertiary/aromatic N) is 3. The van der Waals surface area contributed by atoms with Crippen molar-refractivity contribution in [1.82, 2.24) is 14.8 Å². The summed E-state index contributed by atoms with van der Waals surface area (Å²) in [6.45, 7) is 6.88. The summed E-state index contributed by atoms with van der Waals surface area (Å²) in [5.41, 5.74) is 3.02. The molecule has 176 valence electrons. The van der Waals surface area contributed by atoms with Gasteiger partial charge in [-0.1, -0.05) is 18.7 Å². The Morgan fingerprint density at radius 1 is 1.24 bits per heavy atom. The zero-order chi connectivity index (χ0) is 23.4. The molecule has 3 aromatic rings. The number of carbonyl (C=O) groups is 2. The molecule has 33 heavy (non-hydrogen) atoms. The molecule has 10 heteroatoms. The van der Waals surface area contributed by atoms with Crippen molar-refractivity contribution in [2.45, 2.75) is 64.6 Å². The Balaban J connectivity index is 1.48. The normalized spacial score (nSPS) is 13.1. The highest BCUT2D eigenvalue weighted by molar-refractivity contribution is 7.99. The largest absolute Gasteiger partial charge is 0.462 e. The zero-order valence-electron chi connectivity index (χ0n) is 19.1.